The van der Waals surface area contributed by atoms with E-state index in [1.54, 1.807) is 0 Å². The van der Waals surface area contributed by atoms with Gasteiger partial charge in [-0.05, 0) is 6.07 Å². The molecule has 0 heterocycles. The van der Waals surface area contributed by atoms with Crippen molar-refractivity contribution >= 4 is 29.2 Å². The van der Waals surface area contributed by atoms with Gasteiger partial charge in [0, 0.05) is 22.7 Å². The molecule has 0 aliphatic rings. The average Bonchev–Trinajstić information content (AvgIpc) is 2.24. The van der Waals surface area contributed by atoms with Crippen LogP contribution >= 0.6 is 11.6 Å². The molecular formula is C8H7ClN4O4. The van der Waals surface area contributed by atoms with Crippen LogP contribution in [-0.2, 0) is 0 Å². The van der Waals surface area contributed by atoms with Crippen LogP contribution in [0.4, 0.5) is 10.5 Å². The van der Waals surface area contributed by atoms with Crippen molar-refractivity contribution in [2.75, 3.05) is 0 Å². The van der Waals surface area contributed by atoms with Crippen LogP contribution in [0.2, 0.25) is 5.02 Å². The maximum Gasteiger partial charge on any atom is 0.330 e. The number of rotatable bonds is 2. The lowest BCUT2D eigenvalue weighted by Gasteiger charge is -2.04. The number of hydrazine groups is 1. The lowest BCUT2D eigenvalue weighted by molar-refractivity contribution is -0.384. The topological polar surface area (TPSA) is 127 Å². The first-order chi connectivity index (χ1) is 7.90. The van der Waals surface area contributed by atoms with Crippen LogP contribution in [0.1, 0.15) is 10.4 Å². The lowest BCUT2D eigenvalue weighted by atomic mass is 10.2. The molecule has 0 saturated heterocycles. The molecule has 8 nitrogen and oxygen atoms in total. The average molecular weight is 259 g/mol. The van der Waals surface area contributed by atoms with Crippen LogP contribution in [0.25, 0.3) is 0 Å². The predicted octanol–water partition coefficient (Wildman–Crippen LogP) is 0.561. The van der Waals surface area contributed by atoms with Gasteiger partial charge in [-0.15, -0.1) is 0 Å². The number of benzene rings is 1. The van der Waals surface area contributed by atoms with Crippen molar-refractivity contribution in [3.05, 3.63) is 38.9 Å². The molecule has 0 unspecified atom stereocenters. The highest BCUT2D eigenvalue weighted by atomic mass is 35.5. The normalized spacial score (nSPS) is 9.47. The standard InChI is InChI=1S/C8H7ClN4O4/c9-5-1-4(2-6(3-5)13(16)17)7(14)11-12-8(10)15/h1-3H,(H,11,14)(H3,10,12,15). The molecule has 1 aromatic carbocycles. The van der Waals surface area contributed by atoms with Crippen molar-refractivity contribution in [3.8, 4) is 0 Å². The summed E-state index contributed by atoms with van der Waals surface area (Å²) in [5, 5.41) is 10.6. The molecule has 0 fully saturated rings. The summed E-state index contributed by atoms with van der Waals surface area (Å²) < 4.78 is 0. The Morgan fingerprint density at radius 2 is 1.94 bits per heavy atom. The number of nitrogens with two attached hydrogens (primary N) is 1. The third-order valence-electron chi connectivity index (χ3n) is 1.65. The number of primary amides is 1. The number of nitro benzene ring substituents is 1. The molecule has 17 heavy (non-hydrogen) atoms. The summed E-state index contributed by atoms with van der Waals surface area (Å²) in [5.41, 5.74) is 8.11. The number of nitrogens with one attached hydrogen (secondary N) is 2. The molecule has 3 amide bonds. The fraction of sp³-hybridized carbons (Fsp3) is 0. The maximum absolute atomic E-state index is 11.4. The number of carbonyl (C=O) groups excluding carboxylic acids is 2. The molecule has 9 heteroatoms. The second-order valence-electron chi connectivity index (χ2n) is 2.90. The molecule has 1 aromatic rings. The van der Waals surface area contributed by atoms with Crippen molar-refractivity contribution in [2.45, 2.75) is 0 Å². The zero-order valence-corrected chi connectivity index (χ0v) is 9.02. The van der Waals surface area contributed by atoms with Gasteiger partial charge < -0.3 is 5.73 Å². The number of urea groups is 1. The number of hydrogen-bond donors (Lipinski definition) is 3. The fourth-order valence-corrected chi connectivity index (χ4v) is 1.23. The van der Waals surface area contributed by atoms with E-state index in [2.05, 4.69) is 0 Å². The summed E-state index contributed by atoms with van der Waals surface area (Å²) in [5.74, 6) is -0.769. The highest BCUT2D eigenvalue weighted by Gasteiger charge is 2.13. The van der Waals surface area contributed by atoms with Gasteiger partial charge in [0.05, 0.1) is 4.92 Å². The minimum atomic E-state index is -0.963. The first-order valence-electron chi connectivity index (χ1n) is 4.21. The van der Waals surface area contributed by atoms with E-state index in [9.17, 15) is 19.7 Å². The molecule has 0 aliphatic heterocycles. The summed E-state index contributed by atoms with van der Waals surface area (Å²) in [6, 6.07) is 2.37. The monoisotopic (exact) mass is 258 g/mol. The van der Waals surface area contributed by atoms with E-state index in [0.29, 0.717) is 0 Å². The maximum atomic E-state index is 11.4. The number of halogens is 1. The summed E-state index contributed by atoms with van der Waals surface area (Å²) in [6.45, 7) is 0. The molecule has 4 N–H and O–H groups in total. The van der Waals surface area contributed by atoms with Gasteiger partial charge in [-0.3, -0.25) is 20.3 Å². The summed E-state index contributed by atoms with van der Waals surface area (Å²) in [4.78, 5) is 31.6. The number of nitrogens with zero attached hydrogens (tertiary/aromatic N) is 1. The van der Waals surface area contributed by atoms with Crippen molar-refractivity contribution in [2.24, 2.45) is 5.73 Å². The second-order valence-corrected chi connectivity index (χ2v) is 3.34. The Kier molecular flexibility index (Phi) is 3.83. The van der Waals surface area contributed by atoms with Gasteiger partial charge in [0.15, 0.2) is 0 Å². The Morgan fingerprint density at radius 3 is 2.47 bits per heavy atom. The van der Waals surface area contributed by atoms with Gasteiger partial charge in [-0.2, -0.15) is 0 Å². The summed E-state index contributed by atoms with van der Waals surface area (Å²) in [6.07, 6.45) is 0. The Balaban J connectivity index is 2.93. The SMILES string of the molecule is NC(=O)NNC(=O)c1cc(Cl)cc([N+](=O)[O-])c1. The molecule has 90 valence electrons. The minimum absolute atomic E-state index is 0.0309. The Hall–Kier alpha value is -2.35. The first-order valence-corrected chi connectivity index (χ1v) is 4.58. The Bertz CT molecular complexity index is 490. The van der Waals surface area contributed by atoms with Gasteiger partial charge in [0.25, 0.3) is 11.6 Å². The largest absolute Gasteiger partial charge is 0.350 e. The van der Waals surface area contributed by atoms with E-state index in [0.717, 1.165) is 12.1 Å². The highest BCUT2D eigenvalue weighted by molar-refractivity contribution is 6.31. The molecule has 0 bridgehead atoms. The van der Waals surface area contributed by atoms with Gasteiger partial charge in [-0.25, -0.2) is 10.2 Å². The van der Waals surface area contributed by atoms with Gasteiger partial charge in [-0.1, -0.05) is 11.6 Å². The van der Waals surface area contributed by atoms with E-state index in [-0.39, 0.29) is 16.3 Å². The van der Waals surface area contributed by atoms with Crippen molar-refractivity contribution in [1.29, 1.82) is 0 Å². The minimum Gasteiger partial charge on any atom is -0.350 e. The Labute approximate surface area is 99.9 Å². The summed E-state index contributed by atoms with van der Waals surface area (Å²) >= 11 is 5.60. The van der Waals surface area contributed by atoms with Gasteiger partial charge >= 0.3 is 6.03 Å². The van der Waals surface area contributed by atoms with Crippen LogP contribution in [0.3, 0.4) is 0 Å². The van der Waals surface area contributed by atoms with Crippen molar-refractivity contribution in [3.63, 3.8) is 0 Å². The van der Waals surface area contributed by atoms with Crippen LogP contribution in [0, 0.1) is 10.1 Å². The molecule has 0 atom stereocenters. The third kappa shape index (κ3) is 3.61. The van der Waals surface area contributed by atoms with E-state index >= 15 is 0 Å². The van der Waals surface area contributed by atoms with Gasteiger partial charge in [0.2, 0.25) is 0 Å². The number of non-ortho nitro benzene ring substituents is 1. The number of amides is 3. The van der Waals surface area contributed by atoms with E-state index in [1.807, 2.05) is 10.9 Å². The molecule has 0 aromatic heterocycles. The highest BCUT2D eigenvalue weighted by Crippen LogP contribution is 2.20. The van der Waals surface area contributed by atoms with Crippen LogP contribution in [-0.4, -0.2) is 16.9 Å². The molecule has 0 spiro atoms. The van der Waals surface area contributed by atoms with Crippen molar-refractivity contribution in [1.82, 2.24) is 10.9 Å². The van der Waals surface area contributed by atoms with Crippen molar-refractivity contribution < 1.29 is 14.5 Å². The van der Waals surface area contributed by atoms with E-state index in [1.165, 1.54) is 6.07 Å². The van der Waals surface area contributed by atoms with Gasteiger partial charge in [0.1, 0.15) is 0 Å². The van der Waals surface area contributed by atoms with Crippen LogP contribution in [0.5, 0.6) is 0 Å². The lowest BCUT2D eigenvalue weighted by Crippen LogP contribution is -2.44. The molecule has 1 rings (SSSR count). The quantitative estimate of drug-likeness (QED) is 0.529. The molecular weight excluding hydrogens is 252 g/mol. The third-order valence-corrected chi connectivity index (χ3v) is 1.87. The zero-order chi connectivity index (χ0) is 13.0. The first kappa shape index (κ1) is 12.7. The van der Waals surface area contributed by atoms with E-state index in [4.69, 9.17) is 17.3 Å². The number of hydrogen-bond acceptors (Lipinski definition) is 4. The van der Waals surface area contributed by atoms with Crippen LogP contribution in [0.15, 0.2) is 18.2 Å². The molecule has 0 radical (unpaired) electrons. The zero-order valence-electron chi connectivity index (χ0n) is 8.27. The van der Waals surface area contributed by atoms with E-state index < -0.39 is 16.9 Å². The number of nitro groups is 1. The molecule has 0 saturated carbocycles. The second kappa shape index (κ2) is 5.12. The molecule has 0 aliphatic carbocycles. The summed E-state index contributed by atoms with van der Waals surface area (Å²) in [7, 11) is 0. The fourth-order valence-electron chi connectivity index (χ4n) is 1.00. The predicted molar refractivity (Wildman–Crippen MR) is 58.3 cm³/mol. The smallest absolute Gasteiger partial charge is 0.330 e. The van der Waals surface area contributed by atoms with Crippen LogP contribution < -0.4 is 16.6 Å². The number of carbonyl (C=O) groups is 2. The Morgan fingerprint density at radius 1 is 1.29 bits per heavy atom.